The lowest BCUT2D eigenvalue weighted by Gasteiger charge is -1.92. The van der Waals surface area contributed by atoms with E-state index in [0.29, 0.717) is 0 Å². The van der Waals surface area contributed by atoms with E-state index in [1.807, 2.05) is 0 Å². The van der Waals surface area contributed by atoms with Gasteiger partial charge in [-0.15, -0.1) is 0 Å². The van der Waals surface area contributed by atoms with Crippen LogP contribution in [0.15, 0.2) is 24.3 Å². The number of rotatable bonds is 0. The van der Waals surface area contributed by atoms with Crippen LogP contribution >= 0.6 is 0 Å². The molecule has 2 nitrogen and oxygen atoms in total. The van der Waals surface area contributed by atoms with Gasteiger partial charge in [-0.2, -0.15) is 10.5 Å². The molecule has 1 aliphatic carbocycles. The van der Waals surface area contributed by atoms with E-state index in [0.717, 1.165) is 0 Å². The summed E-state index contributed by atoms with van der Waals surface area (Å²) in [4.78, 5) is 0. The van der Waals surface area contributed by atoms with Gasteiger partial charge in [-0.05, 0) is 25.7 Å². The second-order valence-electron chi connectivity index (χ2n) is 2.54. The molecule has 0 aromatic carbocycles. The normalized spacial score (nSPS) is 14.9. The van der Waals surface area contributed by atoms with Gasteiger partial charge in [0.05, 0.1) is 12.1 Å². The molecule has 0 bridgehead atoms. The molecule has 0 spiro atoms. The first-order chi connectivity index (χ1) is 6.83. The number of hydrogen-bond acceptors (Lipinski definition) is 2. The molecule has 2 heteroatoms. The van der Waals surface area contributed by atoms with Crippen LogP contribution in [0.25, 0.3) is 0 Å². The van der Waals surface area contributed by atoms with Crippen molar-refractivity contribution in [1.29, 1.82) is 10.5 Å². The van der Waals surface area contributed by atoms with Crippen LogP contribution in [0.4, 0.5) is 0 Å². The summed E-state index contributed by atoms with van der Waals surface area (Å²) in [7, 11) is 0. The van der Waals surface area contributed by atoms with Gasteiger partial charge in [0, 0.05) is 13.8 Å². The first-order valence-electron chi connectivity index (χ1n) is 4.75. The highest BCUT2D eigenvalue weighted by molar-refractivity contribution is 4.93. The predicted octanol–water partition coefficient (Wildman–Crippen LogP) is 3.73. The van der Waals surface area contributed by atoms with Crippen molar-refractivity contribution in [3.05, 3.63) is 24.3 Å². The standard InChI is InChI=1S/C8H12.2C2H3N/c1-2-4-6-8-7-5-3-1;2*1-2-3/h1-2,7-8H,3-6H2;2*1H3/b2-1-,8-7?;;. The van der Waals surface area contributed by atoms with Gasteiger partial charge in [0.2, 0.25) is 0 Å². The topological polar surface area (TPSA) is 47.6 Å². The molecular formula is C12H18N2. The number of nitriles is 2. The first-order valence-corrected chi connectivity index (χ1v) is 4.75. The summed E-state index contributed by atoms with van der Waals surface area (Å²) in [5.41, 5.74) is 0. The molecule has 0 fully saturated rings. The third-order valence-electron chi connectivity index (χ3n) is 1.33. The van der Waals surface area contributed by atoms with Crippen LogP contribution in [-0.4, -0.2) is 0 Å². The molecule has 0 aromatic rings. The summed E-state index contributed by atoms with van der Waals surface area (Å²) >= 11 is 0. The van der Waals surface area contributed by atoms with Crippen LogP contribution in [0.2, 0.25) is 0 Å². The zero-order chi connectivity index (χ0) is 11.1. The molecule has 0 radical (unpaired) electrons. The fourth-order valence-corrected chi connectivity index (χ4v) is 0.856. The first kappa shape index (κ1) is 15.0. The summed E-state index contributed by atoms with van der Waals surface area (Å²) in [6, 6.07) is 3.50. The number of hydrogen-bond donors (Lipinski definition) is 0. The van der Waals surface area contributed by atoms with Crippen molar-refractivity contribution in [2.75, 3.05) is 0 Å². The molecule has 14 heavy (non-hydrogen) atoms. The van der Waals surface area contributed by atoms with E-state index in [1.165, 1.54) is 39.5 Å². The van der Waals surface area contributed by atoms with E-state index >= 15 is 0 Å². The molecule has 0 amide bonds. The van der Waals surface area contributed by atoms with Crippen molar-refractivity contribution in [3.8, 4) is 12.1 Å². The highest BCUT2D eigenvalue weighted by Crippen LogP contribution is 2.02. The second kappa shape index (κ2) is 17.5. The van der Waals surface area contributed by atoms with Gasteiger partial charge in [-0.25, -0.2) is 0 Å². The largest absolute Gasteiger partial charge is 0.199 e. The Hall–Kier alpha value is -1.54. The predicted molar refractivity (Wildman–Crippen MR) is 59.3 cm³/mol. The molecule has 0 unspecified atom stereocenters. The van der Waals surface area contributed by atoms with Crippen LogP contribution in [-0.2, 0) is 0 Å². The molecule has 76 valence electrons. The molecule has 0 saturated carbocycles. The van der Waals surface area contributed by atoms with E-state index in [4.69, 9.17) is 10.5 Å². The van der Waals surface area contributed by atoms with Crippen LogP contribution in [0.5, 0.6) is 0 Å². The van der Waals surface area contributed by atoms with Crippen molar-refractivity contribution in [2.24, 2.45) is 0 Å². The summed E-state index contributed by atoms with van der Waals surface area (Å²) in [5, 5.41) is 14.6. The zero-order valence-corrected chi connectivity index (χ0v) is 9.03. The van der Waals surface area contributed by atoms with Crippen molar-refractivity contribution in [1.82, 2.24) is 0 Å². The third-order valence-corrected chi connectivity index (χ3v) is 1.33. The van der Waals surface area contributed by atoms with Gasteiger partial charge in [-0.3, -0.25) is 0 Å². The zero-order valence-electron chi connectivity index (χ0n) is 9.03. The molecule has 1 aliphatic rings. The smallest absolute Gasteiger partial charge is 0.0587 e. The van der Waals surface area contributed by atoms with E-state index in [1.54, 1.807) is 12.1 Å². The molecule has 0 N–H and O–H groups in total. The van der Waals surface area contributed by atoms with Gasteiger partial charge >= 0.3 is 0 Å². The maximum Gasteiger partial charge on any atom is 0.0587 e. The Labute approximate surface area is 87.2 Å². The van der Waals surface area contributed by atoms with Gasteiger partial charge < -0.3 is 0 Å². The van der Waals surface area contributed by atoms with Crippen LogP contribution < -0.4 is 0 Å². The minimum absolute atomic E-state index is 1.23. The molecule has 0 aliphatic heterocycles. The van der Waals surface area contributed by atoms with Gasteiger partial charge in [0.1, 0.15) is 0 Å². The van der Waals surface area contributed by atoms with Crippen LogP contribution in [0.1, 0.15) is 39.5 Å². The molecule has 0 atom stereocenters. The van der Waals surface area contributed by atoms with Gasteiger partial charge in [0.15, 0.2) is 0 Å². The average molecular weight is 190 g/mol. The Morgan fingerprint density at radius 1 is 0.714 bits per heavy atom. The lowest BCUT2D eigenvalue weighted by molar-refractivity contribution is 0.962. The molecule has 0 saturated heterocycles. The Morgan fingerprint density at radius 3 is 1.00 bits per heavy atom. The Bertz CT molecular complexity index is 188. The van der Waals surface area contributed by atoms with Crippen molar-refractivity contribution < 1.29 is 0 Å². The molecular weight excluding hydrogens is 172 g/mol. The fraction of sp³-hybridized carbons (Fsp3) is 0.500. The lowest BCUT2D eigenvalue weighted by atomic mass is 10.1. The quantitative estimate of drug-likeness (QED) is 0.546. The molecule has 1 rings (SSSR count). The summed E-state index contributed by atoms with van der Waals surface area (Å²) in [6.45, 7) is 2.86. The summed E-state index contributed by atoms with van der Waals surface area (Å²) in [5.74, 6) is 0. The summed E-state index contributed by atoms with van der Waals surface area (Å²) in [6.07, 6.45) is 14.0. The van der Waals surface area contributed by atoms with Crippen LogP contribution in [0.3, 0.4) is 0 Å². The SMILES string of the molecule is C1=CCC/C=C\CC1.CC#N.CC#N. The molecule has 0 aromatic heterocycles. The highest BCUT2D eigenvalue weighted by atomic mass is 14.2. The Morgan fingerprint density at radius 2 is 0.857 bits per heavy atom. The Kier molecular flexibility index (Phi) is 18.7. The Balaban J connectivity index is 0. The van der Waals surface area contributed by atoms with Crippen LogP contribution in [0, 0.1) is 22.7 Å². The van der Waals surface area contributed by atoms with Gasteiger partial charge in [0.25, 0.3) is 0 Å². The highest BCUT2D eigenvalue weighted by Gasteiger charge is 1.81. The monoisotopic (exact) mass is 190 g/mol. The van der Waals surface area contributed by atoms with Crippen molar-refractivity contribution in [2.45, 2.75) is 39.5 Å². The number of allylic oxidation sites excluding steroid dienone is 4. The maximum absolute atomic E-state index is 7.32. The lowest BCUT2D eigenvalue weighted by Crippen LogP contribution is -1.71. The van der Waals surface area contributed by atoms with Crippen molar-refractivity contribution >= 4 is 0 Å². The molecule has 0 heterocycles. The average Bonchev–Trinajstić information content (AvgIpc) is 2.04. The van der Waals surface area contributed by atoms with E-state index < -0.39 is 0 Å². The van der Waals surface area contributed by atoms with E-state index in [9.17, 15) is 0 Å². The second-order valence-corrected chi connectivity index (χ2v) is 2.54. The van der Waals surface area contributed by atoms with E-state index in [-0.39, 0.29) is 0 Å². The number of nitrogens with zero attached hydrogens (tertiary/aromatic N) is 2. The van der Waals surface area contributed by atoms with Gasteiger partial charge in [-0.1, -0.05) is 24.3 Å². The fourth-order valence-electron chi connectivity index (χ4n) is 0.856. The summed E-state index contributed by atoms with van der Waals surface area (Å²) < 4.78 is 0. The third kappa shape index (κ3) is 22.4. The maximum atomic E-state index is 7.32. The van der Waals surface area contributed by atoms with E-state index in [2.05, 4.69) is 24.3 Å². The van der Waals surface area contributed by atoms with Crippen molar-refractivity contribution in [3.63, 3.8) is 0 Å². The minimum Gasteiger partial charge on any atom is -0.199 e. The minimum atomic E-state index is 1.23.